The normalized spacial score (nSPS) is 14.7. The summed E-state index contributed by atoms with van der Waals surface area (Å²) >= 11 is 0. The standard InChI is InChI=1S/C16H17N4O/c1-11-3-2-4-12(7-11)9-20-6-5-13-8-18-16(15(17)21)19-14(13)10-20/h2-4,7H,5-6,9-10H2,1H3,(H2,17,21). The molecule has 5 nitrogen and oxygen atoms in total. The Kier molecular flexibility index (Phi) is 3.66. The van der Waals surface area contributed by atoms with Gasteiger partial charge in [-0.1, -0.05) is 29.8 Å². The van der Waals surface area contributed by atoms with Crippen LogP contribution in [0, 0.1) is 13.1 Å². The third-order valence-corrected chi connectivity index (χ3v) is 3.65. The fourth-order valence-electron chi connectivity index (χ4n) is 2.61. The minimum Gasteiger partial charge on any atom is -0.363 e. The van der Waals surface area contributed by atoms with Crippen molar-refractivity contribution in [2.75, 3.05) is 6.54 Å². The molecule has 0 atom stereocenters. The summed E-state index contributed by atoms with van der Waals surface area (Å²) in [6, 6.07) is 8.49. The average molecular weight is 281 g/mol. The van der Waals surface area contributed by atoms with Crippen LogP contribution < -0.4 is 5.73 Å². The van der Waals surface area contributed by atoms with Gasteiger partial charge in [-0.2, -0.15) is 0 Å². The fourth-order valence-corrected chi connectivity index (χ4v) is 2.61. The molecule has 0 saturated heterocycles. The van der Waals surface area contributed by atoms with Crippen LogP contribution in [0.4, 0.5) is 0 Å². The zero-order valence-corrected chi connectivity index (χ0v) is 12.0. The maximum Gasteiger partial charge on any atom is 0.286 e. The molecule has 5 heteroatoms. The van der Waals surface area contributed by atoms with Crippen LogP contribution in [0.3, 0.4) is 0 Å². The first-order valence-electron chi connectivity index (χ1n) is 6.97. The topological polar surface area (TPSA) is 72.1 Å². The molecule has 0 bridgehead atoms. The van der Waals surface area contributed by atoms with Crippen LogP contribution in [0.1, 0.15) is 33.0 Å². The lowest BCUT2D eigenvalue weighted by Crippen LogP contribution is -2.32. The Morgan fingerprint density at radius 2 is 2.33 bits per heavy atom. The molecule has 1 aromatic heterocycles. The van der Waals surface area contributed by atoms with Gasteiger partial charge in [-0.3, -0.25) is 9.69 Å². The molecule has 0 aliphatic carbocycles. The molecule has 2 heterocycles. The smallest absolute Gasteiger partial charge is 0.286 e. The average Bonchev–Trinajstić information content (AvgIpc) is 2.46. The molecule has 1 radical (unpaired) electrons. The highest BCUT2D eigenvalue weighted by Gasteiger charge is 2.20. The van der Waals surface area contributed by atoms with E-state index in [0.717, 1.165) is 30.8 Å². The van der Waals surface area contributed by atoms with Crippen molar-refractivity contribution in [3.8, 4) is 0 Å². The second-order valence-corrected chi connectivity index (χ2v) is 5.40. The van der Waals surface area contributed by atoms with Gasteiger partial charge in [0.15, 0.2) is 0 Å². The number of nitrogens with two attached hydrogens (primary N) is 1. The third-order valence-electron chi connectivity index (χ3n) is 3.65. The van der Waals surface area contributed by atoms with Gasteiger partial charge in [0.05, 0.1) is 11.9 Å². The SMILES string of the molecule is Cc1cccc(CN2CCc3[c]nc(C(N)=O)nc3C2)c1. The maximum atomic E-state index is 11.2. The summed E-state index contributed by atoms with van der Waals surface area (Å²) in [6.45, 7) is 4.60. The third kappa shape index (κ3) is 3.08. The highest BCUT2D eigenvalue weighted by molar-refractivity contribution is 5.88. The monoisotopic (exact) mass is 281 g/mol. The molecule has 21 heavy (non-hydrogen) atoms. The second-order valence-electron chi connectivity index (χ2n) is 5.40. The van der Waals surface area contributed by atoms with Crippen molar-refractivity contribution >= 4 is 5.91 Å². The first-order chi connectivity index (χ1) is 10.1. The van der Waals surface area contributed by atoms with Crippen molar-refractivity contribution in [3.63, 3.8) is 0 Å². The number of hydrogen-bond donors (Lipinski definition) is 1. The number of nitrogens with zero attached hydrogens (tertiary/aromatic N) is 3. The van der Waals surface area contributed by atoms with Crippen LogP contribution in [0.2, 0.25) is 0 Å². The van der Waals surface area contributed by atoms with E-state index in [9.17, 15) is 4.79 Å². The summed E-state index contributed by atoms with van der Waals surface area (Å²) in [7, 11) is 0. The van der Waals surface area contributed by atoms with E-state index in [1.165, 1.54) is 11.1 Å². The summed E-state index contributed by atoms with van der Waals surface area (Å²) in [6.07, 6.45) is 3.74. The van der Waals surface area contributed by atoms with E-state index in [1.807, 2.05) is 0 Å². The molecule has 0 unspecified atom stereocenters. The quantitative estimate of drug-likeness (QED) is 0.919. The first kappa shape index (κ1) is 13.7. The van der Waals surface area contributed by atoms with Crippen LogP contribution in [0.5, 0.6) is 0 Å². The van der Waals surface area contributed by atoms with Gasteiger partial charge in [-0.05, 0) is 18.9 Å². The summed E-state index contributed by atoms with van der Waals surface area (Å²) in [5, 5.41) is 0. The summed E-state index contributed by atoms with van der Waals surface area (Å²) in [5.74, 6) is -0.559. The van der Waals surface area contributed by atoms with E-state index in [4.69, 9.17) is 5.73 Å². The van der Waals surface area contributed by atoms with Gasteiger partial charge in [-0.25, -0.2) is 9.97 Å². The summed E-state index contributed by atoms with van der Waals surface area (Å²) < 4.78 is 0. The number of fused-ring (bicyclic) bond motifs is 1. The Morgan fingerprint density at radius 1 is 1.48 bits per heavy atom. The molecule has 2 aromatic rings. The molecule has 1 aliphatic heterocycles. The maximum absolute atomic E-state index is 11.2. The fraction of sp³-hybridized carbons (Fsp3) is 0.312. The number of hydrogen-bond acceptors (Lipinski definition) is 4. The lowest BCUT2D eigenvalue weighted by atomic mass is 10.1. The molecule has 0 spiro atoms. The Labute approximate surface area is 123 Å². The number of carbonyl (C=O) groups is 1. The van der Waals surface area contributed by atoms with Gasteiger partial charge in [0.25, 0.3) is 5.91 Å². The molecule has 2 N–H and O–H groups in total. The van der Waals surface area contributed by atoms with Crippen LogP contribution in [-0.2, 0) is 19.5 Å². The molecule has 1 aromatic carbocycles. The van der Waals surface area contributed by atoms with Gasteiger partial charge in [0.2, 0.25) is 5.82 Å². The molecule has 107 valence electrons. The number of aryl methyl sites for hydroxylation is 1. The second kappa shape index (κ2) is 5.61. The lowest BCUT2D eigenvalue weighted by Gasteiger charge is -2.27. The highest BCUT2D eigenvalue weighted by atomic mass is 16.1. The Hall–Kier alpha value is -2.27. The van der Waals surface area contributed by atoms with E-state index in [2.05, 4.69) is 52.3 Å². The lowest BCUT2D eigenvalue weighted by molar-refractivity contribution is 0.0989. The van der Waals surface area contributed by atoms with Crippen LogP contribution in [0.25, 0.3) is 0 Å². The van der Waals surface area contributed by atoms with E-state index in [1.54, 1.807) is 0 Å². The van der Waals surface area contributed by atoms with E-state index < -0.39 is 5.91 Å². The minimum atomic E-state index is -0.607. The van der Waals surface area contributed by atoms with Crippen LogP contribution in [0.15, 0.2) is 24.3 Å². The number of primary amides is 1. The first-order valence-corrected chi connectivity index (χ1v) is 6.97. The number of amides is 1. The molecule has 0 fully saturated rings. The van der Waals surface area contributed by atoms with Crippen LogP contribution in [-0.4, -0.2) is 27.3 Å². The van der Waals surface area contributed by atoms with Gasteiger partial charge in [-0.15, -0.1) is 0 Å². The molecule has 0 saturated carbocycles. The van der Waals surface area contributed by atoms with Crippen molar-refractivity contribution in [1.29, 1.82) is 0 Å². The van der Waals surface area contributed by atoms with E-state index in [-0.39, 0.29) is 5.82 Å². The van der Waals surface area contributed by atoms with Crippen molar-refractivity contribution in [3.05, 3.63) is 58.7 Å². The number of carbonyl (C=O) groups excluding carboxylic acids is 1. The molecule has 1 aliphatic rings. The predicted molar refractivity (Wildman–Crippen MR) is 78.4 cm³/mol. The van der Waals surface area contributed by atoms with Gasteiger partial charge in [0.1, 0.15) is 0 Å². The van der Waals surface area contributed by atoms with Crippen molar-refractivity contribution in [2.45, 2.75) is 26.4 Å². The Bertz CT molecular complexity index is 684. The zero-order chi connectivity index (χ0) is 14.8. The molecule has 1 amide bonds. The zero-order valence-electron chi connectivity index (χ0n) is 12.0. The van der Waals surface area contributed by atoms with E-state index >= 15 is 0 Å². The van der Waals surface area contributed by atoms with Gasteiger partial charge < -0.3 is 5.73 Å². The van der Waals surface area contributed by atoms with Gasteiger partial charge >= 0.3 is 0 Å². The van der Waals surface area contributed by atoms with Crippen LogP contribution >= 0.6 is 0 Å². The predicted octanol–water partition coefficient (Wildman–Crippen LogP) is 1.24. The van der Waals surface area contributed by atoms with Gasteiger partial charge in [0, 0.05) is 25.2 Å². The molecular weight excluding hydrogens is 264 g/mol. The minimum absolute atomic E-state index is 0.0474. The largest absolute Gasteiger partial charge is 0.363 e. The summed E-state index contributed by atoms with van der Waals surface area (Å²) in [5.41, 5.74) is 9.61. The van der Waals surface area contributed by atoms with Crippen molar-refractivity contribution < 1.29 is 4.79 Å². The molecule has 3 rings (SSSR count). The van der Waals surface area contributed by atoms with Crippen molar-refractivity contribution in [1.82, 2.24) is 14.9 Å². The summed E-state index contributed by atoms with van der Waals surface area (Å²) in [4.78, 5) is 21.6. The Balaban J connectivity index is 1.77. The number of rotatable bonds is 3. The molecular formula is C16H17N4O. The highest BCUT2D eigenvalue weighted by Crippen LogP contribution is 2.18. The Morgan fingerprint density at radius 3 is 3.10 bits per heavy atom. The number of aromatic nitrogens is 2. The van der Waals surface area contributed by atoms with Crippen molar-refractivity contribution in [2.24, 2.45) is 5.73 Å². The van der Waals surface area contributed by atoms with E-state index in [0.29, 0.717) is 6.54 Å². The number of benzene rings is 1.